The molecule has 0 N–H and O–H groups in total. The minimum absolute atomic E-state index is 0.127. The topological polar surface area (TPSA) is 56.3 Å². The molecule has 4 nitrogen and oxygen atoms in total. The normalized spacial score (nSPS) is 18.4. The Hall–Kier alpha value is -1.38. The Morgan fingerprint density at radius 2 is 1.94 bits per heavy atom. The summed E-state index contributed by atoms with van der Waals surface area (Å²) in [7, 11) is -5.74. The van der Waals surface area contributed by atoms with Crippen LogP contribution in [-0.2, 0) is 15.8 Å². The lowest BCUT2D eigenvalue weighted by Crippen LogP contribution is -2.28. The van der Waals surface area contributed by atoms with Crippen molar-refractivity contribution in [2.45, 2.75) is 24.0 Å². The van der Waals surface area contributed by atoms with Gasteiger partial charge in [0.2, 0.25) is 0 Å². The van der Waals surface area contributed by atoms with E-state index in [2.05, 4.69) is 9.17 Å². The summed E-state index contributed by atoms with van der Waals surface area (Å²) in [5.74, 6) is -0.610. The Morgan fingerprint density at radius 3 is 2.44 bits per heavy atom. The van der Waals surface area contributed by atoms with E-state index < -0.39 is 27.0 Å². The summed E-state index contributed by atoms with van der Waals surface area (Å²) in [5, 5.41) is 0. The van der Waals surface area contributed by atoms with Crippen LogP contribution in [-0.4, -0.2) is 18.9 Å². The molecule has 0 aromatic carbocycles. The minimum atomic E-state index is -5.74. The van der Waals surface area contributed by atoms with Crippen LogP contribution in [0.2, 0.25) is 0 Å². The highest BCUT2D eigenvalue weighted by molar-refractivity contribution is 7.87. The Morgan fingerprint density at radius 1 is 1.33 bits per heavy atom. The molecule has 1 heterocycles. The zero-order chi connectivity index (χ0) is 13.6. The average molecular weight is 285 g/mol. The van der Waals surface area contributed by atoms with E-state index in [0.29, 0.717) is 0 Å². The van der Waals surface area contributed by atoms with Crippen LogP contribution in [0.1, 0.15) is 18.5 Å². The molecule has 0 bridgehead atoms. The van der Waals surface area contributed by atoms with Crippen molar-refractivity contribution in [1.82, 2.24) is 4.98 Å². The van der Waals surface area contributed by atoms with E-state index in [1.807, 2.05) is 0 Å². The van der Waals surface area contributed by atoms with E-state index in [0.717, 1.165) is 18.3 Å². The van der Waals surface area contributed by atoms with Gasteiger partial charge in [-0.05, 0) is 12.8 Å². The standard InChI is InChI=1S/C9H7F4NO3S/c10-8(2-3-8)7-5-6(1-4-14-7)17-18(15,16)9(11,12)13/h1,4-5H,2-3H2. The maximum absolute atomic E-state index is 13.6. The molecule has 9 heteroatoms. The molecule has 0 aliphatic heterocycles. The van der Waals surface area contributed by atoms with Crippen LogP contribution >= 0.6 is 0 Å². The second-order valence-corrected chi connectivity index (χ2v) is 5.36. The molecular weight excluding hydrogens is 278 g/mol. The van der Waals surface area contributed by atoms with Crippen molar-refractivity contribution in [2.24, 2.45) is 0 Å². The predicted octanol–water partition coefficient (Wildman–Crippen LogP) is 2.27. The SMILES string of the molecule is O=S(=O)(Oc1ccnc(C2(F)CC2)c1)C(F)(F)F. The second-order valence-electron chi connectivity index (χ2n) is 3.83. The monoisotopic (exact) mass is 285 g/mol. The molecule has 1 saturated carbocycles. The quantitative estimate of drug-likeness (QED) is 0.485. The lowest BCUT2D eigenvalue weighted by molar-refractivity contribution is -0.0500. The summed E-state index contributed by atoms with van der Waals surface area (Å²) in [6, 6.07) is 1.77. The molecule has 1 fully saturated rings. The smallest absolute Gasteiger partial charge is 0.376 e. The number of rotatable bonds is 3. The largest absolute Gasteiger partial charge is 0.534 e. The molecule has 0 amide bonds. The molecule has 0 atom stereocenters. The highest BCUT2D eigenvalue weighted by Crippen LogP contribution is 2.49. The fraction of sp³-hybridized carbons (Fsp3) is 0.444. The molecule has 0 unspecified atom stereocenters. The van der Waals surface area contributed by atoms with Crippen LogP contribution in [0.4, 0.5) is 17.6 Å². The molecule has 0 spiro atoms. The maximum atomic E-state index is 13.6. The van der Waals surface area contributed by atoms with Crippen molar-refractivity contribution in [2.75, 3.05) is 0 Å². The van der Waals surface area contributed by atoms with Gasteiger partial charge in [0.25, 0.3) is 0 Å². The summed E-state index contributed by atoms with van der Waals surface area (Å²) < 4.78 is 75.1. The zero-order valence-corrected chi connectivity index (χ0v) is 9.55. The van der Waals surface area contributed by atoms with Gasteiger partial charge < -0.3 is 4.18 Å². The summed E-state index contributed by atoms with van der Waals surface area (Å²) in [6.45, 7) is 0. The van der Waals surface area contributed by atoms with Gasteiger partial charge in [-0.25, -0.2) is 4.39 Å². The Labute approximate surface area is 99.7 Å². The van der Waals surface area contributed by atoms with E-state index in [9.17, 15) is 26.0 Å². The molecule has 0 radical (unpaired) electrons. The van der Waals surface area contributed by atoms with Gasteiger partial charge in [0.15, 0.2) is 5.67 Å². The summed E-state index contributed by atoms with van der Waals surface area (Å²) in [5.41, 5.74) is -7.33. The maximum Gasteiger partial charge on any atom is 0.534 e. The van der Waals surface area contributed by atoms with Crippen molar-refractivity contribution in [3.05, 3.63) is 24.0 Å². The summed E-state index contributed by atoms with van der Waals surface area (Å²) >= 11 is 0. The number of aromatic nitrogens is 1. The molecule has 0 saturated heterocycles. The van der Waals surface area contributed by atoms with Crippen LogP contribution in [0.3, 0.4) is 0 Å². The fourth-order valence-corrected chi connectivity index (χ4v) is 1.70. The third-order valence-electron chi connectivity index (χ3n) is 2.37. The Bertz CT molecular complexity index is 565. The molecular formula is C9H7F4NO3S. The summed E-state index contributed by atoms with van der Waals surface area (Å²) in [4.78, 5) is 3.63. The lowest BCUT2D eigenvalue weighted by Gasteiger charge is -2.10. The van der Waals surface area contributed by atoms with E-state index >= 15 is 0 Å². The lowest BCUT2D eigenvalue weighted by atomic mass is 10.2. The molecule has 1 aliphatic rings. The van der Waals surface area contributed by atoms with Gasteiger partial charge in [0.1, 0.15) is 5.75 Å². The highest BCUT2D eigenvalue weighted by atomic mass is 32.2. The van der Waals surface area contributed by atoms with Gasteiger partial charge in [0, 0.05) is 18.3 Å². The Kier molecular flexibility index (Phi) is 2.76. The van der Waals surface area contributed by atoms with Gasteiger partial charge in [-0.15, -0.1) is 0 Å². The molecule has 18 heavy (non-hydrogen) atoms. The van der Waals surface area contributed by atoms with Gasteiger partial charge >= 0.3 is 15.6 Å². The van der Waals surface area contributed by atoms with Crippen molar-refractivity contribution in [1.29, 1.82) is 0 Å². The number of hydrogen-bond acceptors (Lipinski definition) is 4. The van der Waals surface area contributed by atoms with E-state index in [4.69, 9.17) is 0 Å². The third-order valence-corrected chi connectivity index (χ3v) is 3.35. The summed E-state index contributed by atoms with van der Waals surface area (Å²) in [6.07, 6.45) is 1.40. The fourth-order valence-electron chi connectivity index (χ4n) is 1.25. The minimum Gasteiger partial charge on any atom is -0.376 e. The first kappa shape index (κ1) is 13.1. The van der Waals surface area contributed by atoms with Crippen LogP contribution in [0.25, 0.3) is 0 Å². The van der Waals surface area contributed by atoms with Crippen LogP contribution < -0.4 is 4.18 Å². The van der Waals surface area contributed by atoms with Crippen molar-refractivity contribution >= 4 is 10.1 Å². The van der Waals surface area contributed by atoms with Crippen LogP contribution in [0.5, 0.6) is 5.75 Å². The number of halogens is 4. The molecule has 100 valence electrons. The van der Waals surface area contributed by atoms with Gasteiger partial charge in [0.05, 0.1) is 5.69 Å². The highest BCUT2D eigenvalue weighted by Gasteiger charge is 2.49. The van der Waals surface area contributed by atoms with Gasteiger partial charge in [-0.3, -0.25) is 4.98 Å². The Balaban J connectivity index is 2.26. The zero-order valence-electron chi connectivity index (χ0n) is 8.74. The number of pyridine rings is 1. The predicted molar refractivity (Wildman–Crippen MR) is 51.9 cm³/mol. The molecule has 1 aromatic rings. The molecule has 2 rings (SSSR count). The molecule has 1 aromatic heterocycles. The number of alkyl halides is 4. The van der Waals surface area contributed by atoms with Crippen molar-refractivity contribution in [3.8, 4) is 5.75 Å². The van der Waals surface area contributed by atoms with Gasteiger partial charge in [-0.2, -0.15) is 21.6 Å². The van der Waals surface area contributed by atoms with E-state index in [-0.39, 0.29) is 18.5 Å². The molecule has 1 aliphatic carbocycles. The first-order chi connectivity index (χ1) is 8.14. The number of nitrogens with zero attached hydrogens (tertiary/aromatic N) is 1. The van der Waals surface area contributed by atoms with Crippen LogP contribution in [0.15, 0.2) is 18.3 Å². The van der Waals surface area contributed by atoms with Crippen LogP contribution in [0, 0.1) is 0 Å². The first-order valence-corrected chi connectivity index (χ1v) is 6.21. The third kappa shape index (κ3) is 2.40. The number of hydrogen-bond donors (Lipinski definition) is 0. The average Bonchev–Trinajstić information content (AvgIpc) is 2.96. The van der Waals surface area contributed by atoms with Gasteiger partial charge in [-0.1, -0.05) is 0 Å². The first-order valence-electron chi connectivity index (χ1n) is 4.80. The van der Waals surface area contributed by atoms with Crippen molar-refractivity contribution < 1.29 is 30.2 Å². The van der Waals surface area contributed by atoms with E-state index in [1.54, 1.807) is 0 Å². The van der Waals surface area contributed by atoms with E-state index in [1.165, 1.54) is 0 Å². The second kappa shape index (κ2) is 3.81. The van der Waals surface area contributed by atoms with Crippen molar-refractivity contribution in [3.63, 3.8) is 0 Å².